The molecule has 0 amide bonds. The SMILES string of the molecule is CCCN1CCOC(C(Cc2ccc(F)c(F)c2)NC)C1. The van der Waals surface area contributed by atoms with Gasteiger partial charge in [0.25, 0.3) is 0 Å². The molecule has 1 saturated heterocycles. The van der Waals surface area contributed by atoms with Crippen LogP contribution < -0.4 is 5.32 Å². The summed E-state index contributed by atoms with van der Waals surface area (Å²) in [7, 11) is 1.88. The van der Waals surface area contributed by atoms with Crippen molar-refractivity contribution in [2.24, 2.45) is 0 Å². The van der Waals surface area contributed by atoms with Gasteiger partial charge in [-0.05, 0) is 44.1 Å². The molecule has 0 radical (unpaired) electrons. The largest absolute Gasteiger partial charge is 0.374 e. The van der Waals surface area contributed by atoms with Crippen LogP contribution in [0.2, 0.25) is 0 Å². The first-order chi connectivity index (χ1) is 10.1. The molecule has 1 aromatic carbocycles. The summed E-state index contributed by atoms with van der Waals surface area (Å²) in [4.78, 5) is 2.39. The maximum absolute atomic E-state index is 13.3. The minimum atomic E-state index is -0.803. The fraction of sp³-hybridized carbons (Fsp3) is 0.625. The maximum atomic E-state index is 13.3. The van der Waals surface area contributed by atoms with E-state index in [0.717, 1.165) is 38.2 Å². The summed E-state index contributed by atoms with van der Waals surface area (Å²) >= 11 is 0. The highest BCUT2D eigenvalue weighted by Gasteiger charge is 2.27. The molecule has 2 atom stereocenters. The van der Waals surface area contributed by atoms with Gasteiger partial charge in [0.1, 0.15) is 0 Å². The highest BCUT2D eigenvalue weighted by Crippen LogP contribution is 2.15. The Kier molecular flexibility index (Phi) is 6.08. The van der Waals surface area contributed by atoms with Gasteiger partial charge in [-0.25, -0.2) is 8.78 Å². The molecule has 1 fully saturated rings. The van der Waals surface area contributed by atoms with Gasteiger partial charge in [0.2, 0.25) is 0 Å². The van der Waals surface area contributed by atoms with E-state index in [1.807, 2.05) is 7.05 Å². The predicted molar refractivity (Wildman–Crippen MR) is 79.4 cm³/mol. The van der Waals surface area contributed by atoms with Gasteiger partial charge in [-0.15, -0.1) is 0 Å². The monoisotopic (exact) mass is 298 g/mol. The summed E-state index contributed by atoms with van der Waals surface area (Å²) in [6.07, 6.45) is 1.82. The molecule has 0 bridgehead atoms. The van der Waals surface area contributed by atoms with Gasteiger partial charge in [-0.3, -0.25) is 4.90 Å². The second-order valence-corrected chi connectivity index (χ2v) is 5.56. The number of benzene rings is 1. The Bertz CT molecular complexity index is 454. The molecule has 0 saturated carbocycles. The van der Waals surface area contributed by atoms with Crippen molar-refractivity contribution < 1.29 is 13.5 Å². The lowest BCUT2D eigenvalue weighted by atomic mass is 10.00. The van der Waals surface area contributed by atoms with Crippen LogP contribution in [0, 0.1) is 11.6 Å². The van der Waals surface area contributed by atoms with Crippen LogP contribution in [-0.4, -0.2) is 50.3 Å². The second-order valence-electron chi connectivity index (χ2n) is 5.56. The van der Waals surface area contributed by atoms with Gasteiger partial charge in [0.15, 0.2) is 11.6 Å². The lowest BCUT2D eigenvalue weighted by Crippen LogP contribution is -2.52. The van der Waals surface area contributed by atoms with E-state index >= 15 is 0 Å². The number of nitrogens with one attached hydrogen (secondary N) is 1. The minimum Gasteiger partial charge on any atom is -0.374 e. The van der Waals surface area contributed by atoms with Crippen molar-refractivity contribution in [1.82, 2.24) is 10.2 Å². The summed E-state index contributed by atoms with van der Waals surface area (Å²) < 4.78 is 32.2. The molecule has 3 nitrogen and oxygen atoms in total. The first kappa shape index (κ1) is 16.3. The Hall–Kier alpha value is -1.04. The molecule has 2 rings (SSSR count). The van der Waals surface area contributed by atoms with Crippen molar-refractivity contribution in [3.8, 4) is 0 Å². The predicted octanol–water partition coefficient (Wildman–Crippen LogP) is 2.21. The molecule has 21 heavy (non-hydrogen) atoms. The lowest BCUT2D eigenvalue weighted by molar-refractivity contribution is -0.0450. The molecular weight excluding hydrogens is 274 g/mol. The number of hydrogen-bond acceptors (Lipinski definition) is 3. The molecular formula is C16H24F2N2O. The van der Waals surface area contributed by atoms with Crippen LogP contribution in [0.15, 0.2) is 18.2 Å². The number of rotatable bonds is 6. The van der Waals surface area contributed by atoms with Gasteiger partial charge in [-0.1, -0.05) is 13.0 Å². The molecule has 0 spiro atoms. The topological polar surface area (TPSA) is 24.5 Å². The Morgan fingerprint density at radius 1 is 1.38 bits per heavy atom. The average molecular weight is 298 g/mol. The number of halogens is 2. The van der Waals surface area contributed by atoms with E-state index in [9.17, 15) is 8.78 Å². The van der Waals surface area contributed by atoms with Gasteiger partial charge in [-0.2, -0.15) is 0 Å². The van der Waals surface area contributed by atoms with E-state index in [1.54, 1.807) is 6.07 Å². The standard InChI is InChI=1S/C16H24F2N2O/c1-3-6-20-7-8-21-16(11-20)15(19-2)10-12-4-5-13(17)14(18)9-12/h4-5,9,15-16,19H,3,6-8,10-11H2,1-2H3. The molecule has 2 unspecified atom stereocenters. The molecule has 0 aliphatic carbocycles. The highest BCUT2D eigenvalue weighted by molar-refractivity contribution is 5.19. The van der Waals surface area contributed by atoms with E-state index < -0.39 is 11.6 Å². The quantitative estimate of drug-likeness (QED) is 0.871. The Labute approximate surface area is 125 Å². The zero-order chi connectivity index (χ0) is 15.2. The third kappa shape index (κ3) is 4.46. The van der Waals surface area contributed by atoms with E-state index in [0.29, 0.717) is 6.42 Å². The van der Waals surface area contributed by atoms with Crippen LogP contribution in [0.4, 0.5) is 8.78 Å². The van der Waals surface area contributed by atoms with Crippen molar-refractivity contribution in [3.05, 3.63) is 35.4 Å². The second kappa shape index (κ2) is 7.82. The zero-order valence-corrected chi connectivity index (χ0v) is 12.7. The lowest BCUT2D eigenvalue weighted by Gasteiger charge is -2.37. The van der Waals surface area contributed by atoms with Crippen molar-refractivity contribution in [2.45, 2.75) is 31.9 Å². The summed E-state index contributed by atoms with van der Waals surface area (Å²) in [5.41, 5.74) is 0.782. The van der Waals surface area contributed by atoms with Crippen LogP contribution in [0.25, 0.3) is 0 Å². The number of likely N-dealkylation sites (N-methyl/N-ethyl adjacent to an activating group) is 1. The highest BCUT2D eigenvalue weighted by atomic mass is 19.2. The third-order valence-corrected chi connectivity index (χ3v) is 3.98. The van der Waals surface area contributed by atoms with Gasteiger partial charge >= 0.3 is 0 Å². The third-order valence-electron chi connectivity index (χ3n) is 3.98. The molecule has 1 aliphatic heterocycles. The fourth-order valence-electron chi connectivity index (χ4n) is 2.83. The number of hydrogen-bond donors (Lipinski definition) is 1. The minimum absolute atomic E-state index is 0.0726. The molecule has 1 aliphatic rings. The van der Waals surface area contributed by atoms with Crippen LogP contribution >= 0.6 is 0 Å². The average Bonchev–Trinajstić information content (AvgIpc) is 2.49. The molecule has 1 aromatic rings. The van der Waals surface area contributed by atoms with Crippen molar-refractivity contribution in [1.29, 1.82) is 0 Å². The van der Waals surface area contributed by atoms with Crippen LogP contribution in [0.3, 0.4) is 0 Å². The molecule has 118 valence electrons. The maximum Gasteiger partial charge on any atom is 0.159 e. The molecule has 5 heteroatoms. The van der Waals surface area contributed by atoms with Gasteiger partial charge in [0, 0.05) is 19.1 Å². The molecule has 0 aromatic heterocycles. The van der Waals surface area contributed by atoms with Crippen molar-refractivity contribution in [3.63, 3.8) is 0 Å². The van der Waals surface area contributed by atoms with E-state index in [-0.39, 0.29) is 12.1 Å². The number of nitrogens with zero attached hydrogens (tertiary/aromatic N) is 1. The number of morpholine rings is 1. The summed E-state index contributed by atoms with van der Waals surface area (Å²) in [5, 5.41) is 3.25. The molecule has 1 heterocycles. The Balaban J connectivity index is 1.99. The normalized spacial score (nSPS) is 21.4. The Morgan fingerprint density at radius 2 is 2.19 bits per heavy atom. The van der Waals surface area contributed by atoms with Crippen molar-refractivity contribution in [2.75, 3.05) is 33.3 Å². The first-order valence-corrected chi connectivity index (χ1v) is 7.59. The van der Waals surface area contributed by atoms with E-state index in [1.165, 1.54) is 12.1 Å². The number of ether oxygens (including phenoxy) is 1. The van der Waals surface area contributed by atoms with Crippen LogP contribution in [-0.2, 0) is 11.2 Å². The smallest absolute Gasteiger partial charge is 0.159 e. The van der Waals surface area contributed by atoms with Crippen LogP contribution in [0.1, 0.15) is 18.9 Å². The Morgan fingerprint density at radius 3 is 2.86 bits per heavy atom. The van der Waals surface area contributed by atoms with Crippen molar-refractivity contribution >= 4 is 0 Å². The van der Waals surface area contributed by atoms with Gasteiger partial charge < -0.3 is 10.1 Å². The van der Waals surface area contributed by atoms with E-state index in [4.69, 9.17) is 4.74 Å². The first-order valence-electron chi connectivity index (χ1n) is 7.59. The fourth-order valence-corrected chi connectivity index (χ4v) is 2.83. The van der Waals surface area contributed by atoms with Gasteiger partial charge in [0.05, 0.1) is 12.7 Å². The van der Waals surface area contributed by atoms with E-state index in [2.05, 4.69) is 17.1 Å². The summed E-state index contributed by atoms with van der Waals surface area (Å²) in [6, 6.07) is 4.18. The van der Waals surface area contributed by atoms with Crippen LogP contribution in [0.5, 0.6) is 0 Å². The summed E-state index contributed by atoms with van der Waals surface area (Å²) in [5.74, 6) is -1.60. The zero-order valence-electron chi connectivity index (χ0n) is 12.7. The molecule has 1 N–H and O–H groups in total. The summed E-state index contributed by atoms with van der Waals surface area (Å²) in [6.45, 7) is 5.80.